The molecule has 1 aliphatic heterocycles. The molecule has 1 heterocycles. The second-order valence-electron chi connectivity index (χ2n) is 18.5. The fourth-order valence-electron chi connectivity index (χ4n) is 10.2. The van der Waals surface area contributed by atoms with E-state index in [1.54, 1.807) is 31.4 Å². The van der Waals surface area contributed by atoms with Crippen molar-refractivity contribution in [2.75, 3.05) is 58.5 Å². The van der Waals surface area contributed by atoms with Crippen molar-refractivity contribution >= 4 is 28.9 Å². The summed E-state index contributed by atoms with van der Waals surface area (Å²) < 4.78 is 44.8. The minimum Gasteiger partial charge on any atom is -0.495 e. The third-order valence-electron chi connectivity index (χ3n) is 13.7. The number of morpholine rings is 1. The van der Waals surface area contributed by atoms with Crippen LogP contribution in [0.5, 0.6) is 17.2 Å². The van der Waals surface area contributed by atoms with Crippen LogP contribution in [0.4, 0.5) is 10.1 Å². The molecule has 0 radical (unpaired) electrons. The van der Waals surface area contributed by atoms with E-state index in [2.05, 4.69) is 48.9 Å². The monoisotopic (exact) mass is 866 g/mol. The van der Waals surface area contributed by atoms with Crippen LogP contribution in [0, 0.1) is 33.9 Å². The molecule has 14 heteroatoms. The molecule has 3 aromatic rings. The van der Waals surface area contributed by atoms with Crippen LogP contribution in [0.3, 0.4) is 0 Å². The standard InChI is InChI=1S/C49H59FN4O9/c1-48(2)45(49(3,4)47(48)63-36-13-9-31(27-51)44(25-36)60-6)26-42(56)30-7-10-32(11-8-30)53-18-20-61-38(28-53)29-54(17-19-59-5)33-21-37(22-33)62-35-14-15-39(40(50)24-35)46(58)52-41-16-12-34(55)23-43(41)57/h7-11,13-15,24-25,33,37-38,41,45,47H,12,16-23,26,28-29H2,1-6H3,(H,52,58)/t33?,37?,38-,41-,45?,47?/m1/s1. The third kappa shape index (κ3) is 10.1. The summed E-state index contributed by atoms with van der Waals surface area (Å²) in [4.78, 5) is 54.8. The summed E-state index contributed by atoms with van der Waals surface area (Å²) in [6.45, 7) is 12.6. The first-order valence-corrected chi connectivity index (χ1v) is 21.9. The smallest absolute Gasteiger partial charge is 0.254 e. The van der Waals surface area contributed by atoms with Crippen molar-refractivity contribution in [3.63, 3.8) is 0 Å². The number of anilines is 1. The normalized spacial score (nSPS) is 25.0. The molecule has 3 saturated carbocycles. The van der Waals surface area contributed by atoms with Gasteiger partial charge in [-0.15, -0.1) is 0 Å². The lowest BCUT2D eigenvalue weighted by molar-refractivity contribution is -0.196. The van der Waals surface area contributed by atoms with Gasteiger partial charge >= 0.3 is 0 Å². The van der Waals surface area contributed by atoms with Gasteiger partial charge in [0.15, 0.2) is 11.6 Å². The van der Waals surface area contributed by atoms with Gasteiger partial charge in [-0.25, -0.2) is 4.39 Å². The van der Waals surface area contributed by atoms with E-state index in [0.29, 0.717) is 67.6 Å². The predicted octanol–water partition coefficient (Wildman–Crippen LogP) is 6.59. The molecule has 1 N–H and O–H groups in total. The summed E-state index contributed by atoms with van der Waals surface area (Å²) >= 11 is 0. The Morgan fingerprint density at radius 2 is 1.70 bits per heavy atom. The molecule has 3 aromatic carbocycles. The number of ether oxygens (including phenoxy) is 5. The Hall–Kier alpha value is -5.36. The summed E-state index contributed by atoms with van der Waals surface area (Å²) in [7, 11) is 3.21. The number of hydrogen-bond acceptors (Lipinski definition) is 12. The molecule has 336 valence electrons. The van der Waals surface area contributed by atoms with E-state index in [4.69, 9.17) is 23.7 Å². The Bertz CT molecular complexity index is 2200. The van der Waals surface area contributed by atoms with Crippen molar-refractivity contribution in [2.24, 2.45) is 16.7 Å². The summed E-state index contributed by atoms with van der Waals surface area (Å²) in [6, 6.07) is 18.8. The van der Waals surface area contributed by atoms with E-state index in [1.165, 1.54) is 19.2 Å². The number of carbonyl (C=O) groups is 4. The Kier molecular flexibility index (Phi) is 13.9. The molecule has 2 atom stereocenters. The number of Topliss-reactive ketones (excluding diaryl/α,β-unsaturated/α-hetero) is 3. The summed E-state index contributed by atoms with van der Waals surface area (Å²) in [5.41, 5.74) is 1.43. The molecule has 4 aliphatic rings. The predicted molar refractivity (Wildman–Crippen MR) is 233 cm³/mol. The third-order valence-corrected chi connectivity index (χ3v) is 13.7. The maximum absolute atomic E-state index is 15.1. The number of halogens is 1. The molecule has 0 spiro atoms. The molecule has 0 unspecified atom stereocenters. The number of rotatable bonds is 17. The van der Waals surface area contributed by atoms with Crippen LogP contribution in [0.25, 0.3) is 0 Å². The zero-order chi connectivity index (χ0) is 45.1. The molecule has 0 bridgehead atoms. The number of nitrogens with zero attached hydrogens (tertiary/aromatic N) is 3. The second kappa shape index (κ2) is 19.2. The minimum absolute atomic E-state index is 0.0577. The van der Waals surface area contributed by atoms with Gasteiger partial charge in [0.05, 0.1) is 50.0 Å². The van der Waals surface area contributed by atoms with E-state index in [0.717, 1.165) is 25.1 Å². The van der Waals surface area contributed by atoms with Gasteiger partial charge in [-0.2, -0.15) is 5.26 Å². The van der Waals surface area contributed by atoms with Gasteiger partial charge in [0.25, 0.3) is 5.91 Å². The van der Waals surface area contributed by atoms with Gasteiger partial charge in [0.2, 0.25) is 0 Å². The first-order chi connectivity index (χ1) is 30.1. The Morgan fingerprint density at radius 3 is 2.37 bits per heavy atom. The topological polar surface area (TPSA) is 157 Å². The molecule has 1 saturated heterocycles. The number of benzene rings is 3. The van der Waals surface area contributed by atoms with E-state index < -0.39 is 17.8 Å². The van der Waals surface area contributed by atoms with Crippen molar-refractivity contribution in [3.05, 3.63) is 83.2 Å². The SMILES string of the molecule is COCCN(C[C@H]1CN(c2ccc(C(=O)CC3C(C)(C)C(Oc4ccc(C#N)c(OC)c4)C3(C)C)cc2)CCO1)C1CC(Oc2ccc(C(=O)N[C@@H]3CCC(=O)CC3=O)c(F)c2)C1. The first kappa shape index (κ1) is 45.7. The zero-order valence-electron chi connectivity index (χ0n) is 37.1. The molecule has 63 heavy (non-hydrogen) atoms. The summed E-state index contributed by atoms with van der Waals surface area (Å²) in [5, 5.41) is 11.9. The van der Waals surface area contributed by atoms with Gasteiger partial charge in [0, 0.05) is 99.2 Å². The number of methoxy groups -OCH3 is 2. The number of hydrogen-bond donors (Lipinski definition) is 1. The quantitative estimate of drug-likeness (QED) is 0.115. The van der Waals surface area contributed by atoms with Gasteiger partial charge in [-0.05, 0) is 60.9 Å². The Morgan fingerprint density at radius 1 is 0.984 bits per heavy atom. The highest BCUT2D eigenvalue weighted by Crippen LogP contribution is 2.62. The van der Waals surface area contributed by atoms with Crippen molar-refractivity contribution in [1.82, 2.24) is 10.2 Å². The second-order valence-corrected chi connectivity index (χ2v) is 18.5. The zero-order valence-corrected chi connectivity index (χ0v) is 37.1. The molecular formula is C49H59FN4O9. The number of nitrogens with one attached hydrogen (secondary N) is 1. The van der Waals surface area contributed by atoms with Gasteiger partial charge in [0.1, 0.15) is 47.1 Å². The van der Waals surface area contributed by atoms with Crippen molar-refractivity contribution in [3.8, 4) is 23.3 Å². The van der Waals surface area contributed by atoms with E-state index in [-0.39, 0.29) is 83.3 Å². The summed E-state index contributed by atoms with van der Waals surface area (Å²) in [6.07, 6.45) is 1.76. The molecule has 0 aromatic heterocycles. The van der Waals surface area contributed by atoms with Crippen molar-refractivity contribution in [1.29, 1.82) is 5.26 Å². The average Bonchev–Trinajstić information content (AvgIpc) is 3.25. The summed E-state index contributed by atoms with van der Waals surface area (Å²) in [5.74, 6) is -0.330. The van der Waals surface area contributed by atoms with E-state index in [1.807, 2.05) is 24.3 Å². The fraction of sp³-hybridized carbons (Fsp3) is 0.531. The van der Waals surface area contributed by atoms with E-state index in [9.17, 15) is 24.4 Å². The van der Waals surface area contributed by atoms with E-state index >= 15 is 4.39 Å². The molecular weight excluding hydrogens is 808 g/mol. The van der Waals surface area contributed by atoms with Crippen LogP contribution < -0.4 is 24.4 Å². The molecule has 7 rings (SSSR count). The maximum Gasteiger partial charge on any atom is 0.254 e. The number of carbonyl (C=O) groups excluding carboxylic acids is 4. The lowest BCUT2D eigenvalue weighted by Gasteiger charge is -2.63. The molecule has 4 fully saturated rings. The maximum atomic E-state index is 15.1. The molecule has 13 nitrogen and oxygen atoms in total. The number of ketones is 3. The highest BCUT2D eigenvalue weighted by molar-refractivity contribution is 6.06. The van der Waals surface area contributed by atoms with Crippen molar-refractivity contribution < 1.29 is 47.3 Å². The Labute approximate surface area is 369 Å². The van der Waals surface area contributed by atoms with Crippen LogP contribution in [0.15, 0.2) is 60.7 Å². The average molecular weight is 867 g/mol. The van der Waals surface area contributed by atoms with Crippen LogP contribution in [-0.4, -0.2) is 112 Å². The minimum atomic E-state index is -0.792. The van der Waals surface area contributed by atoms with Crippen LogP contribution in [-0.2, 0) is 19.1 Å². The largest absolute Gasteiger partial charge is 0.495 e. The van der Waals surface area contributed by atoms with Gasteiger partial charge in [-0.3, -0.25) is 24.1 Å². The van der Waals surface area contributed by atoms with Crippen LogP contribution in [0.2, 0.25) is 0 Å². The molecule has 1 amide bonds. The molecule has 3 aliphatic carbocycles. The highest BCUT2D eigenvalue weighted by atomic mass is 19.1. The lowest BCUT2D eigenvalue weighted by atomic mass is 9.44. The highest BCUT2D eigenvalue weighted by Gasteiger charge is 2.63. The Balaban J connectivity index is 0.893. The van der Waals surface area contributed by atoms with Crippen molar-refractivity contribution in [2.45, 2.75) is 96.6 Å². The van der Waals surface area contributed by atoms with Crippen LogP contribution in [0.1, 0.15) is 92.5 Å². The lowest BCUT2D eigenvalue weighted by Crippen LogP contribution is -2.66. The number of amides is 1. The number of nitriles is 1. The fourth-order valence-corrected chi connectivity index (χ4v) is 10.2. The van der Waals surface area contributed by atoms with Crippen LogP contribution >= 0.6 is 0 Å². The van der Waals surface area contributed by atoms with Gasteiger partial charge in [-0.1, -0.05) is 27.7 Å². The first-order valence-electron chi connectivity index (χ1n) is 21.9. The van der Waals surface area contributed by atoms with Gasteiger partial charge < -0.3 is 33.9 Å².